The van der Waals surface area contributed by atoms with Crippen LogP contribution in [-0.2, 0) is 0 Å². The predicted octanol–water partition coefficient (Wildman–Crippen LogP) is 3.04. The van der Waals surface area contributed by atoms with Crippen LogP contribution in [0.15, 0.2) is 41.6 Å². The van der Waals surface area contributed by atoms with Gasteiger partial charge in [-0.25, -0.2) is 0 Å². The lowest BCUT2D eigenvalue weighted by Crippen LogP contribution is -1.81. The van der Waals surface area contributed by atoms with Crippen molar-refractivity contribution in [3.8, 4) is 0 Å². The van der Waals surface area contributed by atoms with Gasteiger partial charge in [-0.2, -0.15) is 5.10 Å². The highest BCUT2D eigenvalue weighted by atomic mass is 15.1. The Morgan fingerprint density at radius 3 is 2.64 bits per heavy atom. The Hall–Kier alpha value is -1.31. The molecule has 0 aromatic heterocycles. The van der Waals surface area contributed by atoms with Crippen LogP contribution in [0.3, 0.4) is 0 Å². The molecule has 0 rings (SSSR count). The Balaban J connectivity index is 3.75. The molecule has 2 nitrogen and oxygen atoms in total. The van der Waals surface area contributed by atoms with E-state index < -0.39 is 0 Å². The molecule has 0 unspecified atom stereocenters. The van der Waals surface area contributed by atoms with Crippen LogP contribution >= 0.6 is 0 Å². The molecule has 0 aliphatic carbocycles. The maximum absolute atomic E-state index is 4.93. The van der Waals surface area contributed by atoms with Gasteiger partial charge in [-0.1, -0.05) is 50.6 Å². The van der Waals surface area contributed by atoms with Gasteiger partial charge in [0.25, 0.3) is 0 Å². The van der Waals surface area contributed by atoms with Crippen molar-refractivity contribution >= 4 is 6.21 Å². The Bertz CT molecular complexity index is 224. The fourth-order valence-corrected chi connectivity index (χ4v) is 0.945. The molecule has 0 saturated carbocycles. The van der Waals surface area contributed by atoms with Gasteiger partial charge < -0.3 is 5.84 Å². The number of nitrogens with zero attached hydrogens (tertiary/aromatic N) is 1. The smallest absolute Gasteiger partial charge is 0.0465 e. The second-order valence-electron chi connectivity index (χ2n) is 3.14. The highest BCUT2D eigenvalue weighted by Gasteiger charge is 1.86. The van der Waals surface area contributed by atoms with E-state index in [4.69, 9.17) is 5.84 Å². The van der Waals surface area contributed by atoms with Crippen molar-refractivity contribution in [2.24, 2.45) is 16.9 Å². The lowest BCUT2D eigenvalue weighted by Gasteiger charge is -1.95. The van der Waals surface area contributed by atoms with Gasteiger partial charge in [-0.05, 0) is 18.4 Å². The maximum atomic E-state index is 4.93. The molecule has 0 aromatic rings. The minimum atomic E-state index is 0.487. The highest BCUT2D eigenvalue weighted by Crippen LogP contribution is 2.01. The second-order valence-corrected chi connectivity index (χ2v) is 3.14. The quantitative estimate of drug-likeness (QED) is 0.227. The zero-order chi connectivity index (χ0) is 10.6. The molecular weight excluding hydrogens is 172 g/mol. The lowest BCUT2D eigenvalue weighted by molar-refractivity contribution is 0.902. The summed E-state index contributed by atoms with van der Waals surface area (Å²) in [6.07, 6.45) is 16.2. The summed E-state index contributed by atoms with van der Waals surface area (Å²) in [5, 5.41) is 3.35. The summed E-state index contributed by atoms with van der Waals surface area (Å²) in [6.45, 7) is 4.34. The maximum Gasteiger partial charge on any atom is 0.0465 e. The Labute approximate surface area is 86.9 Å². The third-order valence-corrected chi connectivity index (χ3v) is 1.70. The number of hydrogen-bond donors (Lipinski definition) is 1. The zero-order valence-electron chi connectivity index (χ0n) is 9.06. The standard InChI is InChI=1S/C12H20N2/c1-3-4-6-9-12(2)10-7-5-8-11-14-13/h5-12H,3-4,13H2,1-2H3/b8-5+,9-6+,10-7+,14-11+/t12-/m0/s1. The van der Waals surface area contributed by atoms with Crippen LogP contribution in [0.25, 0.3) is 0 Å². The van der Waals surface area contributed by atoms with Gasteiger partial charge in [-0.15, -0.1) is 0 Å². The molecule has 0 saturated heterocycles. The van der Waals surface area contributed by atoms with Gasteiger partial charge in [0.15, 0.2) is 0 Å². The highest BCUT2D eigenvalue weighted by molar-refractivity contribution is 5.70. The molecule has 1 atom stereocenters. The summed E-state index contributed by atoms with van der Waals surface area (Å²) in [5.74, 6) is 5.42. The summed E-state index contributed by atoms with van der Waals surface area (Å²) in [7, 11) is 0. The fourth-order valence-electron chi connectivity index (χ4n) is 0.945. The first-order valence-corrected chi connectivity index (χ1v) is 5.04. The van der Waals surface area contributed by atoms with Crippen LogP contribution in [-0.4, -0.2) is 6.21 Å². The van der Waals surface area contributed by atoms with E-state index in [2.05, 4.69) is 37.2 Å². The summed E-state index contributed by atoms with van der Waals surface area (Å²) in [4.78, 5) is 0. The first-order chi connectivity index (χ1) is 6.81. The number of hydrogen-bond acceptors (Lipinski definition) is 2. The van der Waals surface area contributed by atoms with E-state index in [1.54, 1.807) is 12.3 Å². The van der Waals surface area contributed by atoms with Gasteiger partial charge in [-0.3, -0.25) is 0 Å². The van der Waals surface area contributed by atoms with Crippen molar-refractivity contribution < 1.29 is 0 Å². The van der Waals surface area contributed by atoms with E-state index in [1.807, 2.05) is 12.2 Å². The van der Waals surface area contributed by atoms with Crippen LogP contribution in [0.4, 0.5) is 0 Å². The second kappa shape index (κ2) is 9.78. The van der Waals surface area contributed by atoms with E-state index in [9.17, 15) is 0 Å². The van der Waals surface area contributed by atoms with Crippen molar-refractivity contribution in [3.05, 3.63) is 36.5 Å². The summed E-state index contributed by atoms with van der Waals surface area (Å²) < 4.78 is 0. The molecule has 0 aliphatic heterocycles. The van der Waals surface area contributed by atoms with Crippen molar-refractivity contribution in [2.45, 2.75) is 26.7 Å². The SMILES string of the molecule is CCC/C=C/[C@H](C)/C=C/C=C/C=N/N. The molecule has 0 bridgehead atoms. The van der Waals surface area contributed by atoms with Crippen molar-refractivity contribution in [2.75, 3.05) is 0 Å². The molecule has 2 heteroatoms. The van der Waals surface area contributed by atoms with E-state index in [0.717, 1.165) is 6.42 Å². The number of hydrazone groups is 1. The minimum Gasteiger partial charge on any atom is -0.323 e. The van der Waals surface area contributed by atoms with Crippen LogP contribution in [0.5, 0.6) is 0 Å². The average Bonchev–Trinajstić information content (AvgIpc) is 2.18. The first kappa shape index (κ1) is 12.7. The summed E-state index contributed by atoms with van der Waals surface area (Å²) >= 11 is 0. The Morgan fingerprint density at radius 1 is 1.21 bits per heavy atom. The normalized spacial score (nSPS) is 15.3. The molecule has 14 heavy (non-hydrogen) atoms. The van der Waals surface area contributed by atoms with Crippen molar-refractivity contribution in [1.82, 2.24) is 0 Å². The van der Waals surface area contributed by atoms with Gasteiger partial charge in [0.05, 0.1) is 0 Å². The molecular formula is C12H20N2. The summed E-state index contributed by atoms with van der Waals surface area (Å²) in [5.41, 5.74) is 0. The number of allylic oxidation sites excluding steroid dienone is 6. The minimum absolute atomic E-state index is 0.487. The molecule has 0 heterocycles. The molecule has 0 amide bonds. The van der Waals surface area contributed by atoms with Gasteiger partial charge in [0.1, 0.15) is 0 Å². The molecule has 0 aromatic carbocycles. The number of unbranched alkanes of at least 4 members (excludes halogenated alkanes) is 1. The Morgan fingerprint density at radius 2 is 2.00 bits per heavy atom. The van der Waals surface area contributed by atoms with E-state index in [0.29, 0.717) is 5.92 Å². The van der Waals surface area contributed by atoms with Gasteiger partial charge in [0, 0.05) is 6.21 Å². The monoisotopic (exact) mass is 192 g/mol. The zero-order valence-corrected chi connectivity index (χ0v) is 9.06. The lowest BCUT2D eigenvalue weighted by atomic mass is 10.1. The van der Waals surface area contributed by atoms with Crippen LogP contribution in [0.2, 0.25) is 0 Å². The number of nitrogens with two attached hydrogens (primary N) is 1. The van der Waals surface area contributed by atoms with Gasteiger partial charge >= 0.3 is 0 Å². The van der Waals surface area contributed by atoms with E-state index in [1.165, 1.54) is 6.42 Å². The van der Waals surface area contributed by atoms with Crippen molar-refractivity contribution in [1.29, 1.82) is 0 Å². The molecule has 78 valence electrons. The molecule has 0 aliphatic rings. The topological polar surface area (TPSA) is 38.4 Å². The predicted molar refractivity (Wildman–Crippen MR) is 64.2 cm³/mol. The average molecular weight is 192 g/mol. The van der Waals surface area contributed by atoms with E-state index >= 15 is 0 Å². The van der Waals surface area contributed by atoms with E-state index in [-0.39, 0.29) is 0 Å². The molecule has 0 radical (unpaired) electrons. The first-order valence-electron chi connectivity index (χ1n) is 5.04. The third kappa shape index (κ3) is 8.78. The molecule has 2 N–H and O–H groups in total. The summed E-state index contributed by atoms with van der Waals surface area (Å²) in [6, 6.07) is 0. The molecule has 0 spiro atoms. The van der Waals surface area contributed by atoms with Crippen molar-refractivity contribution in [3.63, 3.8) is 0 Å². The third-order valence-electron chi connectivity index (χ3n) is 1.70. The van der Waals surface area contributed by atoms with Crippen LogP contribution < -0.4 is 5.84 Å². The fraction of sp³-hybridized carbons (Fsp3) is 0.417. The van der Waals surface area contributed by atoms with Gasteiger partial charge in [0.2, 0.25) is 0 Å². The Kier molecular flexibility index (Phi) is 8.86. The molecule has 0 fully saturated rings. The van der Waals surface area contributed by atoms with Crippen LogP contribution in [0, 0.1) is 5.92 Å². The number of rotatable bonds is 6. The largest absolute Gasteiger partial charge is 0.323 e. The van der Waals surface area contributed by atoms with Crippen LogP contribution in [0.1, 0.15) is 26.7 Å².